The molecular formula is C70H45N7. The molecule has 0 aliphatic rings. The van der Waals surface area contributed by atoms with Gasteiger partial charge < -0.3 is 18.3 Å². The summed E-state index contributed by atoms with van der Waals surface area (Å²) in [4.78, 5) is 16.6. The Morgan fingerprint density at radius 3 is 0.662 bits per heavy atom. The van der Waals surface area contributed by atoms with E-state index in [0.29, 0.717) is 17.5 Å². The molecule has 7 nitrogen and oxygen atoms in total. The lowest BCUT2D eigenvalue weighted by Crippen LogP contribution is -2.05. The van der Waals surface area contributed by atoms with E-state index in [1.165, 1.54) is 43.1 Å². The summed E-state index contributed by atoms with van der Waals surface area (Å²) >= 11 is 0. The topological polar surface area (TPSA) is 58.4 Å². The Hall–Kier alpha value is -10.4. The number of hydrogen-bond acceptors (Lipinski definition) is 3. The second-order valence-electron chi connectivity index (χ2n) is 20.1. The monoisotopic (exact) mass is 983 g/mol. The Morgan fingerprint density at radius 2 is 0.429 bits per heavy atom. The molecule has 0 unspecified atom stereocenters. The third kappa shape index (κ3) is 6.67. The Balaban J connectivity index is 1.01. The molecule has 0 spiro atoms. The summed E-state index contributed by atoms with van der Waals surface area (Å²) < 4.78 is 9.56. The standard InChI is InChI=1S/C70H45N7/c1-44-34-36-45(37-35-44)68-71-69(46-38-48(74-60-26-10-2-18-52(60)53-19-3-11-27-61(53)74)42-49(39-46)75-62-28-12-4-20-54(62)55-21-5-13-29-63(55)75)73-70(72-68)47-40-50(76-64-30-14-6-22-56(64)57-23-7-15-31-65(57)76)43-51(41-47)77-66-32-16-8-24-58(66)59-25-9-17-33-67(59)77/h2-43H,1H3. The summed E-state index contributed by atoms with van der Waals surface area (Å²) in [6.07, 6.45) is 0. The first-order valence-electron chi connectivity index (χ1n) is 26.2. The number of fused-ring (bicyclic) bond motifs is 12. The first-order chi connectivity index (χ1) is 38.1. The molecule has 0 amide bonds. The lowest BCUT2D eigenvalue weighted by molar-refractivity contribution is 1.06. The average Bonchev–Trinajstić information content (AvgIpc) is 4.26. The van der Waals surface area contributed by atoms with Crippen molar-refractivity contribution in [3.05, 3.63) is 260 Å². The molecular weight excluding hydrogens is 939 g/mol. The summed E-state index contributed by atoms with van der Waals surface area (Å²) in [5.41, 5.74) is 16.7. The van der Waals surface area contributed by atoms with Crippen LogP contribution in [0.5, 0.6) is 0 Å². The van der Waals surface area contributed by atoms with Gasteiger partial charge in [0, 0.05) is 82.5 Å². The molecule has 360 valence electrons. The number of benzene rings is 11. The van der Waals surface area contributed by atoms with Gasteiger partial charge in [0.2, 0.25) is 0 Å². The number of nitrogens with zero attached hydrogens (tertiary/aromatic N) is 7. The van der Waals surface area contributed by atoms with Crippen LogP contribution in [0.3, 0.4) is 0 Å². The first-order valence-corrected chi connectivity index (χ1v) is 26.2. The van der Waals surface area contributed by atoms with Crippen molar-refractivity contribution in [2.45, 2.75) is 6.92 Å². The largest absolute Gasteiger partial charge is 0.309 e. The maximum absolute atomic E-state index is 5.65. The second kappa shape index (κ2) is 16.8. The summed E-state index contributed by atoms with van der Waals surface area (Å²) in [5.74, 6) is 1.72. The van der Waals surface area contributed by atoms with Crippen LogP contribution in [0.2, 0.25) is 0 Å². The summed E-state index contributed by atoms with van der Waals surface area (Å²) in [6.45, 7) is 2.11. The highest BCUT2D eigenvalue weighted by Gasteiger charge is 2.22. The van der Waals surface area contributed by atoms with Gasteiger partial charge in [-0.25, -0.2) is 15.0 Å². The van der Waals surface area contributed by atoms with Crippen LogP contribution in [0, 0.1) is 6.92 Å². The molecule has 0 radical (unpaired) electrons. The van der Waals surface area contributed by atoms with Gasteiger partial charge in [-0.15, -0.1) is 0 Å². The fourth-order valence-corrected chi connectivity index (χ4v) is 12.2. The van der Waals surface area contributed by atoms with Crippen molar-refractivity contribution in [2.75, 3.05) is 0 Å². The molecule has 0 aliphatic heterocycles. The van der Waals surface area contributed by atoms with Crippen LogP contribution in [0.25, 0.3) is 144 Å². The van der Waals surface area contributed by atoms with Gasteiger partial charge in [-0.3, -0.25) is 0 Å². The molecule has 0 saturated heterocycles. The molecule has 0 saturated carbocycles. The maximum Gasteiger partial charge on any atom is 0.164 e. The van der Waals surface area contributed by atoms with Crippen LogP contribution < -0.4 is 0 Å². The van der Waals surface area contributed by atoms with Crippen LogP contribution in [-0.4, -0.2) is 33.2 Å². The van der Waals surface area contributed by atoms with E-state index in [1.807, 2.05) is 0 Å². The second-order valence-corrected chi connectivity index (χ2v) is 20.1. The third-order valence-corrected chi connectivity index (χ3v) is 15.6. The highest BCUT2D eigenvalue weighted by atomic mass is 15.1. The van der Waals surface area contributed by atoms with E-state index in [-0.39, 0.29) is 0 Å². The van der Waals surface area contributed by atoms with E-state index in [9.17, 15) is 0 Å². The zero-order chi connectivity index (χ0) is 50.7. The van der Waals surface area contributed by atoms with Crippen LogP contribution in [0.1, 0.15) is 5.56 Å². The predicted octanol–water partition coefficient (Wildman–Crippen LogP) is 17.6. The maximum atomic E-state index is 5.65. The van der Waals surface area contributed by atoms with Gasteiger partial charge >= 0.3 is 0 Å². The van der Waals surface area contributed by atoms with E-state index in [0.717, 1.165) is 89.1 Å². The minimum Gasteiger partial charge on any atom is -0.309 e. The van der Waals surface area contributed by atoms with Crippen molar-refractivity contribution in [1.82, 2.24) is 33.2 Å². The number of para-hydroxylation sites is 8. The fourth-order valence-electron chi connectivity index (χ4n) is 12.2. The van der Waals surface area contributed by atoms with Crippen molar-refractivity contribution < 1.29 is 0 Å². The molecule has 11 aromatic carbocycles. The molecule has 0 bridgehead atoms. The molecule has 5 heterocycles. The number of aryl methyl sites for hydroxylation is 1. The molecule has 0 N–H and O–H groups in total. The van der Waals surface area contributed by atoms with Gasteiger partial charge in [0.05, 0.1) is 44.1 Å². The van der Waals surface area contributed by atoms with Crippen molar-refractivity contribution in [1.29, 1.82) is 0 Å². The van der Waals surface area contributed by atoms with Gasteiger partial charge in [-0.2, -0.15) is 0 Å². The van der Waals surface area contributed by atoms with E-state index in [1.54, 1.807) is 0 Å². The lowest BCUT2D eigenvalue weighted by atomic mass is 10.1. The molecule has 77 heavy (non-hydrogen) atoms. The van der Waals surface area contributed by atoms with E-state index in [2.05, 4.69) is 280 Å². The van der Waals surface area contributed by atoms with Gasteiger partial charge in [0.25, 0.3) is 0 Å². The molecule has 7 heteroatoms. The average molecular weight is 984 g/mol. The van der Waals surface area contributed by atoms with Crippen LogP contribution in [-0.2, 0) is 0 Å². The summed E-state index contributed by atoms with van der Waals surface area (Å²) in [5, 5.41) is 9.54. The van der Waals surface area contributed by atoms with Crippen LogP contribution in [0.4, 0.5) is 0 Å². The van der Waals surface area contributed by atoms with E-state index in [4.69, 9.17) is 15.0 Å². The summed E-state index contributed by atoms with van der Waals surface area (Å²) in [7, 11) is 0. The Bertz CT molecular complexity index is 4300. The van der Waals surface area contributed by atoms with Crippen LogP contribution in [0.15, 0.2) is 255 Å². The van der Waals surface area contributed by atoms with Gasteiger partial charge in [-0.05, 0) is 91.9 Å². The minimum absolute atomic E-state index is 0.566. The zero-order valence-corrected chi connectivity index (χ0v) is 41.9. The van der Waals surface area contributed by atoms with Crippen molar-refractivity contribution in [3.8, 4) is 56.9 Å². The normalized spacial score (nSPS) is 12.0. The van der Waals surface area contributed by atoms with Gasteiger partial charge in [0.1, 0.15) is 0 Å². The number of hydrogen-bond donors (Lipinski definition) is 0. The Kier molecular flexibility index (Phi) is 9.41. The lowest BCUT2D eigenvalue weighted by Gasteiger charge is -2.17. The van der Waals surface area contributed by atoms with Crippen molar-refractivity contribution in [2.24, 2.45) is 0 Å². The SMILES string of the molecule is Cc1ccc(-c2nc(-c3cc(-n4c5ccccc5c5ccccc54)cc(-n4c5ccccc5c5ccccc54)c3)nc(-c3cc(-n4c5ccccc5c5ccccc54)cc(-n4c5ccccc5c5ccccc54)c3)n2)cc1. The highest BCUT2D eigenvalue weighted by Crippen LogP contribution is 2.41. The van der Waals surface area contributed by atoms with E-state index >= 15 is 0 Å². The quantitative estimate of drug-likeness (QED) is 0.160. The highest BCUT2D eigenvalue weighted by molar-refractivity contribution is 6.12. The van der Waals surface area contributed by atoms with Crippen LogP contribution >= 0.6 is 0 Å². The van der Waals surface area contributed by atoms with Gasteiger partial charge in [0.15, 0.2) is 17.5 Å². The molecule has 5 aromatic heterocycles. The van der Waals surface area contributed by atoms with Crippen molar-refractivity contribution in [3.63, 3.8) is 0 Å². The molecule has 0 fully saturated rings. The number of aromatic nitrogens is 7. The van der Waals surface area contributed by atoms with E-state index < -0.39 is 0 Å². The smallest absolute Gasteiger partial charge is 0.164 e. The minimum atomic E-state index is 0.566. The number of rotatable bonds is 7. The molecule has 16 rings (SSSR count). The zero-order valence-electron chi connectivity index (χ0n) is 41.9. The Labute approximate surface area is 442 Å². The van der Waals surface area contributed by atoms with Gasteiger partial charge in [-0.1, -0.05) is 175 Å². The first kappa shape index (κ1) is 43.1. The predicted molar refractivity (Wildman–Crippen MR) is 318 cm³/mol. The third-order valence-electron chi connectivity index (χ3n) is 15.6. The Morgan fingerprint density at radius 1 is 0.221 bits per heavy atom. The van der Waals surface area contributed by atoms with Crippen molar-refractivity contribution >= 4 is 87.2 Å². The summed E-state index contributed by atoms with van der Waals surface area (Å²) in [6, 6.07) is 91.7. The fraction of sp³-hybridized carbons (Fsp3) is 0.0143. The molecule has 0 aliphatic carbocycles. The molecule has 16 aromatic rings. The molecule has 0 atom stereocenters.